The Hall–Kier alpha value is -3.17. The predicted octanol–water partition coefficient (Wildman–Crippen LogP) is 0.853. The van der Waals surface area contributed by atoms with Crippen LogP contribution >= 0.6 is 0 Å². The molecule has 0 unspecified atom stereocenters. The van der Waals surface area contributed by atoms with Gasteiger partial charge in [0.15, 0.2) is 0 Å². The van der Waals surface area contributed by atoms with E-state index in [1.807, 2.05) is 0 Å². The van der Waals surface area contributed by atoms with Gasteiger partial charge in [0, 0.05) is 25.2 Å². The Morgan fingerprint density at radius 3 is 2.22 bits per heavy atom. The van der Waals surface area contributed by atoms with Gasteiger partial charge in [-0.3, -0.25) is 9.69 Å². The second-order valence-corrected chi connectivity index (χ2v) is 6.19. The van der Waals surface area contributed by atoms with Gasteiger partial charge in [0.25, 0.3) is 5.56 Å². The number of carboxylic acid groups (broad SMARTS) is 2. The molecule has 0 atom stereocenters. The molecule has 3 rings (SSSR count). The van der Waals surface area contributed by atoms with Crippen molar-refractivity contribution in [3.63, 3.8) is 0 Å². The van der Waals surface area contributed by atoms with Crippen LogP contribution < -0.4 is 11.3 Å². The lowest BCUT2D eigenvalue weighted by Gasteiger charge is -2.26. The van der Waals surface area contributed by atoms with Gasteiger partial charge in [-0.05, 0) is 11.1 Å². The number of nitrogens with two attached hydrogens (primary N) is 1. The number of hydrogen-bond donors (Lipinski definition) is 4. The Balaban J connectivity index is 2.03. The number of hydrogen-bond acceptors (Lipinski definition) is 6. The number of ether oxygens (including phenoxy) is 1. The first-order valence-corrected chi connectivity index (χ1v) is 8.30. The molecule has 1 aromatic heterocycles. The molecule has 9 nitrogen and oxygen atoms in total. The molecule has 0 bridgehead atoms. The first kappa shape index (κ1) is 18.6. The van der Waals surface area contributed by atoms with Gasteiger partial charge in [0.1, 0.15) is 16.9 Å². The summed E-state index contributed by atoms with van der Waals surface area (Å²) >= 11 is 0. The number of morpholine rings is 1. The molecular formula is C18H19N3O6. The third-order valence-corrected chi connectivity index (χ3v) is 4.42. The lowest BCUT2D eigenvalue weighted by atomic mass is 9.94. The molecule has 142 valence electrons. The maximum Gasteiger partial charge on any atom is 0.342 e. The standard InChI is InChI=1S/C18H19N3O6/c19-15-13(17(23)24)12(14(18(25)26)16(22)20-15)11-3-1-10(2-4-11)9-21-5-7-27-8-6-21/h1-4H,5-9H2,(H,23,24)(H,25,26)(H3,19,20,22). The fraction of sp³-hybridized carbons (Fsp3) is 0.278. The van der Waals surface area contributed by atoms with Gasteiger partial charge in [0.05, 0.1) is 13.2 Å². The summed E-state index contributed by atoms with van der Waals surface area (Å²) in [5.41, 5.74) is 4.68. The van der Waals surface area contributed by atoms with Crippen LogP contribution in [-0.2, 0) is 11.3 Å². The summed E-state index contributed by atoms with van der Waals surface area (Å²) in [5, 5.41) is 18.9. The highest BCUT2D eigenvalue weighted by Crippen LogP contribution is 2.29. The molecular weight excluding hydrogens is 354 g/mol. The highest BCUT2D eigenvalue weighted by atomic mass is 16.5. The van der Waals surface area contributed by atoms with Gasteiger partial charge in [-0.1, -0.05) is 24.3 Å². The summed E-state index contributed by atoms with van der Waals surface area (Å²) in [5.74, 6) is -3.32. The molecule has 9 heteroatoms. The van der Waals surface area contributed by atoms with Crippen molar-refractivity contribution in [1.29, 1.82) is 0 Å². The van der Waals surface area contributed by atoms with Crippen molar-refractivity contribution < 1.29 is 24.5 Å². The largest absolute Gasteiger partial charge is 0.478 e. The molecule has 27 heavy (non-hydrogen) atoms. The van der Waals surface area contributed by atoms with Crippen molar-refractivity contribution in [1.82, 2.24) is 9.88 Å². The molecule has 0 aliphatic carbocycles. The Morgan fingerprint density at radius 2 is 1.67 bits per heavy atom. The fourth-order valence-electron chi connectivity index (χ4n) is 3.13. The van der Waals surface area contributed by atoms with Gasteiger partial charge < -0.3 is 25.7 Å². The number of nitrogen functional groups attached to an aromatic ring is 1. The van der Waals surface area contributed by atoms with Crippen molar-refractivity contribution in [2.45, 2.75) is 6.54 Å². The van der Waals surface area contributed by atoms with Gasteiger partial charge in [-0.25, -0.2) is 9.59 Å². The van der Waals surface area contributed by atoms with E-state index < -0.39 is 28.6 Å². The number of aromatic carboxylic acids is 2. The van der Waals surface area contributed by atoms with Crippen LogP contribution in [-0.4, -0.2) is 58.3 Å². The van der Waals surface area contributed by atoms with Crippen LogP contribution in [0.1, 0.15) is 26.3 Å². The number of nitrogens with one attached hydrogen (secondary N) is 1. The Morgan fingerprint density at radius 1 is 1.07 bits per heavy atom. The summed E-state index contributed by atoms with van der Waals surface area (Å²) < 4.78 is 5.31. The van der Waals surface area contributed by atoms with Gasteiger partial charge in [-0.15, -0.1) is 0 Å². The quantitative estimate of drug-likeness (QED) is 0.603. The zero-order valence-corrected chi connectivity index (χ0v) is 14.4. The second-order valence-electron chi connectivity index (χ2n) is 6.19. The summed E-state index contributed by atoms with van der Waals surface area (Å²) in [7, 11) is 0. The summed E-state index contributed by atoms with van der Waals surface area (Å²) in [6, 6.07) is 6.75. The SMILES string of the molecule is Nc1[nH]c(=O)c(C(=O)O)c(-c2ccc(CN3CCOCC3)cc2)c1C(=O)O. The third kappa shape index (κ3) is 3.83. The average Bonchev–Trinajstić information content (AvgIpc) is 2.62. The topological polar surface area (TPSA) is 146 Å². The minimum absolute atomic E-state index is 0.200. The molecule has 1 aliphatic heterocycles. The summed E-state index contributed by atoms with van der Waals surface area (Å²) in [6.07, 6.45) is 0. The van der Waals surface area contributed by atoms with Crippen LogP contribution in [0.5, 0.6) is 0 Å². The van der Waals surface area contributed by atoms with Crippen molar-refractivity contribution in [2.75, 3.05) is 32.0 Å². The number of rotatable bonds is 5. The van der Waals surface area contributed by atoms with E-state index >= 15 is 0 Å². The predicted molar refractivity (Wildman–Crippen MR) is 96.9 cm³/mol. The molecule has 0 radical (unpaired) electrons. The van der Waals surface area contributed by atoms with Gasteiger partial charge >= 0.3 is 11.9 Å². The van der Waals surface area contributed by atoms with Crippen LogP contribution in [0, 0.1) is 0 Å². The molecule has 2 heterocycles. The molecule has 0 saturated carbocycles. The second kappa shape index (κ2) is 7.60. The number of aromatic nitrogens is 1. The van der Waals surface area contributed by atoms with E-state index in [1.54, 1.807) is 24.3 Å². The first-order valence-electron chi connectivity index (χ1n) is 8.30. The molecule has 5 N–H and O–H groups in total. The number of carboxylic acids is 2. The zero-order valence-electron chi connectivity index (χ0n) is 14.4. The number of nitrogens with zero attached hydrogens (tertiary/aromatic N) is 1. The molecule has 1 fully saturated rings. The molecule has 1 aromatic carbocycles. The molecule has 0 amide bonds. The highest BCUT2D eigenvalue weighted by molar-refractivity contribution is 6.07. The van der Waals surface area contributed by atoms with Crippen LogP contribution in [0.4, 0.5) is 5.82 Å². The van der Waals surface area contributed by atoms with Crippen molar-refractivity contribution in [2.24, 2.45) is 0 Å². The number of aromatic amines is 1. The van der Waals surface area contributed by atoms with Crippen LogP contribution in [0.3, 0.4) is 0 Å². The Kier molecular flexibility index (Phi) is 5.24. The van der Waals surface area contributed by atoms with E-state index in [0.717, 1.165) is 18.7 Å². The van der Waals surface area contributed by atoms with Crippen molar-refractivity contribution >= 4 is 17.8 Å². The number of carbonyl (C=O) groups is 2. The first-order chi connectivity index (χ1) is 12.9. The maximum absolute atomic E-state index is 12.1. The summed E-state index contributed by atoms with van der Waals surface area (Å²) in [6.45, 7) is 3.68. The monoisotopic (exact) mass is 373 g/mol. The number of H-pyrrole nitrogens is 1. The Labute approximate surface area is 154 Å². The van der Waals surface area contributed by atoms with Crippen LogP contribution in [0.15, 0.2) is 29.1 Å². The molecule has 2 aromatic rings. The molecule has 1 aliphatic rings. The van der Waals surface area contributed by atoms with E-state index in [4.69, 9.17) is 10.5 Å². The highest BCUT2D eigenvalue weighted by Gasteiger charge is 2.26. The van der Waals surface area contributed by atoms with E-state index in [1.165, 1.54) is 0 Å². The molecule has 0 spiro atoms. The van der Waals surface area contributed by atoms with E-state index in [0.29, 0.717) is 25.3 Å². The van der Waals surface area contributed by atoms with Gasteiger partial charge in [0.2, 0.25) is 0 Å². The van der Waals surface area contributed by atoms with E-state index in [9.17, 15) is 24.6 Å². The summed E-state index contributed by atoms with van der Waals surface area (Å²) in [4.78, 5) is 39.5. The van der Waals surface area contributed by atoms with E-state index in [2.05, 4.69) is 9.88 Å². The minimum Gasteiger partial charge on any atom is -0.478 e. The van der Waals surface area contributed by atoms with Crippen LogP contribution in [0.25, 0.3) is 11.1 Å². The average molecular weight is 373 g/mol. The van der Waals surface area contributed by atoms with Crippen molar-refractivity contribution in [3.05, 3.63) is 51.3 Å². The van der Waals surface area contributed by atoms with Crippen LogP contribution in [0.2, 0.25) is 0 Å². The van der Waals surface area contributed by atoms with Crippen molar-refractivity contribution in [3.8, 4) is 11.1 Å². The maximum atomic E-state index is 12.1. The number of benzene rings is 1. The molecule has 1 saturated heterocycles. The zero-order chi connectivity index (χ0) is 19.6. The normalized spacial score (nSPS) is 14.8. The Bertz CT molecular complexity index is 929. The number of pyridine rings is 1. The van der Waals surface area contributed by atoms with Gasteiger partial charge in [-0.2, -0.15) is 0 Å². The number of anilines is 1. The van der Waals surface area contributed by atoms with E-state index in [-0.39, 0.29) is 11.4 Å². The smallest absolute Gasteiger partial charge is 0.342 e. The fourth-order valence-corrected chi connectivity index (χ4v) is 3.13. The third-order valence-electron chi connectivity index (χ3n) is 4.42. The lowest BCUT2D eigenvalue weighted by Crippen LogP contribution is -2.35. The minimum atomic E-state index is -1.52. The lowest BCUT2D eigenvalue weighted by molar-refractivity contribution is 0.0342.